The van der Waals surface area contributed by atoms with E-state index in [0.29, 0.717) is 12.6 Å². The van der Waals surface area contributed by atoms with E-state index in [1.54, 1.807) is 0 Å². The largest absolute Gasteiger partial charge is 0.299 e. The van der Waals surface area contributed by atoms with Crippen molar-refractivity contribution in [3.63, 3.8) is 0 Å². The summed E-state index contributed by atoms with van der Waals surface area (Å²) >= 11 is 0. The van der Waals surface area contributed by atoms with Gasteiger partial charge < -0.3 is 0 Å². The summed E-state index contributed by atoms with van der Waals surface area (Å²) < 4.78 is 12.5. The van der Waals surface area contributed by atoms with Crippen LogP contribution in [0.5, 0.6) is 0 Å². The summed E-state index contributed by atoms with van der Waals surface area (Å²) in [6.45, 7) is 5.58. The molecule has 68 valence electrons. The number of nitrogens with zero attached hydrogens (tertiary/aromatic N) is 1. The van der Waals surface area contributed by atoms with Crippen LogP contribution < -0.4 is 0 Å². The third kappa shape index (κ3) is 3.57. The van der Waals surface area contributed by atoms with Crippen molar-refractivity contribution >= 4 is 7.85 Å². The van der Waals surface area contributed by atoms with Crippen LogP contribution in [0.15, 0.2) is 0 Å². The van der Waals surface area contributed by atoms with Crippen molar-refractivity contribution in [3.8, 4) is 0 Å². The first-order valence-corrected chi connectivity index (χ1v) is 4.73. The van der Waals surface area contributed by atoms with Gasteiger partial charge in [0, 0.05) is 19.1 Å². The highest BCUT2D eigenvalue weighted by Crippen LogP contribution is 2.30. The van der Waals surface area contributed by atoms with Gasteiger partial charge in [-0.05, 0) is 32.6 Å². The molecule has 0 N–H and O–H groups in total. The van der Waals surface area contributed by atoms with Crippen molar-refractivity contribution in [2.75, 3.05) is 13.1 Å². The van der Waals surface area contributed by atoms with Gasteiger partial charge in [0.1, 0.15) is 7.85 Å². The molecule has 1 fully saturated rings. The van der Waals surface area contributed by atoms with Crippen LogP contribution in [0.2, 0.25) is 0 Å². The van der Waals surface area contributed by atoms with Crippen LogP contribution in [-0.2, 0) is 0 Å². The lowest BCUT2D eigenvalue weighted by Gasteiger charge is -2.27. The summed E-state index contributed by atoms with van der Waals surface area (Å²) in [4.78, 5) is 2.13. The molecule has 3 heteroatoms. The normalized spacial score (nSPS) is 20.4. The van der Waals surface area contributed by atoms with Gasteiger partial charge in [-0.3, -0.25) is 9.29 Å². The molecular formula is C9H17BFN. The van der Waals surface area contributed by atoms with Gasteiger partial charge in [0.05, 0.1) is 6.07 Å². The molecule has 2 radical (unpaired) electrons. The van der Waals surface area contributed by atoms with Crippen LogP contribution in [0.1, 0.15) is 26.7 Å². The van der Waals surface area contributed by atoms with Gasteiger partial charge in [-0.2, -0.15) is 0 Å². The third-order valence-electron chi connectivity index (χ3n) is 2.33. The smallest absolute Gasteiger partial charge is 0.118 e. The molecular weight excluding hydrogens is 152 g/mol. The molecule has 0 amide bonds. The summed E-state index contributed by atoms with van der Waals surface area (Å²) in [5, 5.41) is 0. The fourth-order valence-corrected chi connectivity index (χ4v) is 1.35. The second kappa shape index (κ2) is 4.26. The van der Waals surface area contributed by atoms with Crippen molar-refractivity contribution in [2.24, 2.45) is 5.92 Å². The summed E-state index contributed by atoms with van der Waals surface area (Å²) in [5.41, 5.74) is 0. The predicted octanol–water partition coefficient (Wildman–Crippen LogP) is 1.57. The lowest BCUT2D eigenvalue weighted by molar-refractivity contribution is 0.182. The molecule has 0 aromatic heterocycles. The highest BCUT2D eigenvalue weighted by Gasteiger charge is 2.25. The molecule has 1 rings (SSSR count). The predicted molar refractivity (Wildman–Crippen MR) is 50.1 cm³/mol. The summed E-state index contributed by atoms with van der Waals surface area (Å²) in [7, 11) is 5.12. The van der Waals surface area contributed by atoms with E-state index in [1.807, 2.05) is 0 Å². The van der Waals surface area contributed by atoms with Crippen molar-refractivity contribution in [2.45, 2.75) is 38.8 Å². The Morgan fingerprint density at radius 2 is 2.08 bits per heavy atom. The first-order chi connectivity index (χ1) is 5.59. The topological polar surface area (TPSA) is 3.24 Å². The van der Waals surface area contributed by atoms with Gasteiger partial charge in [-0.25, -0.2) is 0 Å². The number of halogens is 1. The third-order valence-corrected chi connectivity index (χ3v) is 2.33. The van der Waals surface area contributed by atoms with Gasteiger partial charge in [0.25, 0.3) is 0 Å². The van der Waals surface area contributed by atoms with Gasteiger partial charge in [0.15, 0.2) is 0 Å². The average Bonchev–Trinajstić information content (AvgIpc) is 2.68. The number of hydrogen-bond acceptors (Lipinski definition) is 1. The quantitative estimate of drug-likeness (QED) is 0.564. The Morgan fingerprint density at radius 3 is 2.42 bits per heavy atom. The van der Waals surface area contributed by atoms with Crippen LogP contribution in [0, 0.1) is 5.92 Å². The molecule has 1 nitrogen and oxygen atoms in total. The lowest BCUT2D eigenvalue weighted by Crippen LogP contribution is -2.37. The first kappa shape index (κ1) is 10.0. The zero-order valence-corrected chi connectivity index (χ0v) is 7.96. The number of alkyl halides is 1. The fourth-order valence-electron chi connectivity index (χ4n) is 1.35. The van der Waals surface area contributed by atoms with Crippen molar-refractivity contribution < 1.29 is 4.39 Å². The van der Waals surface area contributed by atoms with E-state index in [2.05, 4.69) is 18.7 Å². The molecule has 0 heterocycles. The molecule has 1 saturated carbocycles. The van der Waals surface area contributed by atoms with Crippen LogP contribution in [0.3, 0.4) is 0 Å². The minimum atomic E-state index is -1.19. The van der Waals surface area contributed by atoms with Crippen molar-refractivity contribution in [1.82, 2.24) is 4.90 Å². The molecule has 12 heavy (non-hydrogen) atoms. The van der Waals surface area contributed by atoms with Crippen LogP contribution in [0.4, 0.5) is 4.39 Å². The SMILES string of the molecule is [B]C(F)CN(CC1CC1)C(C)C. The maximum absolute atomic E-state index is 12.5. The van der Waals surface area contributed by atoms with E-state index < -0.39 is 6.07 Å². The van der Waals surface area contributed by atoms with Gasteiger partial charge in [-0.15, -0.1) is 0 Å². The minimum absolute atomic E-state index is 0.383. The second-order valence-corrected chi connectivity index (χ2v) is 4.01. The Hall–Kier alpha value is -0.0451. The minimum Gasteiger partial charge on any atom is -0.299 e. The monoisotopic (exact) mass is 169 g/mol. The highest BCUT2D eigenvalue weighted by molar-refractivity contribution is 6.11. The first-order valence-electron chi connectivity index (χ1n) is 4.73. The molecule has 0 aromatic rings. The van der Waals surface area contributed by atoms with E-state index in [1.165, 1.54) is 12.8 Å². The fraction of sp³-hybridized carbons (Fsp3) is 1.00. The Labute approximate surface area is 75.7 Å². The summed E-state index contributed by atoms with van der Waals surface area (Å²) in [5.74, 6) is 0.811. The van der Waals surface area contributed by atoms with Crippen molar-refractivity contribution in [1.29, 1.82) is 0 Å². The van der Waals surface area contributed by atoms with Gasteiger partial charge >= 0.3 is 0 Å². The maximum atomic E-state index is 12.5. The highest BCUT2D eigenvalue weighted by atomic mass is 19.1. The Bertz CT molecular complexity index is 130. The summed E-state index contributed by atoms with van der Waals surface area (Å²) in [6, 6.07) is 0.410. The molecule has 0 bridgehead atoms. The Morgan fingerprint density at radius 1 is 1.50 bits per heavy atom. The maximum Gasteiger partial charge on any atom is 0.118 e. The zero-order valence-electron chi connectivity index (χ0n) is 7.96. The molecule has 1 atom stereocenters. The Balaban J connectivity index is 2.26. The molecule has 0 saturated heterocycles. The number of rotatable bonds is 5. The molecule has 0 aromatic carbocycles. The molecule has 1 unspecified atom stereocenters. The number of hydrogen-bond donors (Lipinski definition) is 0. The van der Waals surface area contributed by atoms with Crippen molar-refractivity contribution in [3.05, 3.63) is 0 Å². The van der Waals surface area contributed by atoms with Crippen LogP contribution >= 0.6 is 0 Å². The lowest BCUT2D eigenvalue weighted by atomic mass is 10.0. The van der Waals surface area contributed by atoms with Gasteiger partial charge in [0.2, 0.25) is 0 Å². The molecule has 1 aliphatic carbocycles. The Kier molecular flexibility index (Phi) is 3.57. The average molecular weight is 169 g/mol. The summed E-state index contributed by atoms with van der Waals surface area (Å²) in [6.07, 6.45) is 1.43. The van der Waals surface area contributed by atoms with Crippen LogP contribution in [0.25, 0.3) is 0 Å². The van der Waals surface area contributed by atoms with Gasteiger partial charge in [-0.1, -0.05) is 0 Å². The van der Waals surface area contributed by atoms with Crippen LogP contribution in [-0.4, -0.2) is 37.9 Å². The van der Waals surface area contributed by atoms with E-state index in [0.717, 1.165) is 12.5 Å². The van der Waals surface area contributed by atoms with E-state index in [4.69, 9.17) is 7.85 Å². The van der Waals surface area contributed by atoms with E-state index in [-0.39, 0.29) is 0 Å². The standard InChI is InChI=1S/C9H17BFN/c1-7(2)12(6-9(10)11)5-8-3-4-8/h7-9H,3-6H2,1-2H3. The molecule has 1 aliphatic rings. The zero-order chi connectivity index (χ0) is 9.14. The van der Waals surface area contributed by atoms with E-state index in [9.17, 15) is 4.39 Å². The van der Waals surface area contributed by atoms with E-state index >= 15 is 0 Å². The molecule has 0 aliphatic heterocycles. The second-order valence-electron chi connectivity index (χ2n) is 4.01. The molecule has 0 spiro atoms.